The Bertz CT molecular complexity index is 682. The van der Waals surface area contributed by atoms with Crippen LogP contribution in [-0.2, 0) is 10.0 Å². The maximum absolute atomic E-state index is 12.7. The lowest BCUT2D eigenvalue weighted by atomic mass is 10.1. The molecule has 0 saturated carbocycles. The topological polar surface area (TPSA) is 74.7 Å². The molecule has 0 bridgehead atoms. The van der Waals surface area contributed by atoms with Gasteiger partial charge in [0.1, 0.15) is 0 Å². The van der Waals surface area contributed by atoms with Gasteiger partial charge in [0.15, 0.2) is 0 Å². The highest BCUT2D eigenvalue weighted by Gasteiger charge is 2.27. The largest absolute Gasteiger partial charge is 0.478 e. The molecular weight excluding hydrogens is 358 g/mol. The molecule has 116 valence electrons. The van der Waals surface area contributed by atoms with Gasteiger partial charge in [-0.1, -0.05) is 35.0 Å². The fourth-order valence-electron chi connectivity index (χ4n) is 1.85. The number of hydrogen-bond donors (Lipinski definition) is 1. The Morgan fingerprint density at radius 3 is 2.43 bits per heavy atom. The summed E-state index contributed by atoms with van der Waals surface area (Å²) >= 11 is 3.22. The third-order valence-corrected chi connectivity index (χ3v) is 5.83. The molecule has 0 radical (unpaired) electrons. The molecule has 0 atom stereocenters. The summed E-state index contributed by atoms with van der Waals surface area (Å²) in [6.07, 6.45) is 0. The predicted octanol–water partition coefficient (Wildman–Crippen LogP) is 3.04. The van der Waals surface area contributed by atoms with E-state index in [0.29, 0.717) is 15.6 Å². The Hall–Kier alpha value is -1.18. The minimum absolute atomic E-state index is 0.00243. The van der Waals surface area contributed by atoms with Crippen LogP contribution >= 0.6 is 15.9 Å². The lowest BCUT2D eigenvalue weighted by molar-refractivity contribution is 0.0696. The Kier molecular flexibility index (Phi) is 5.72. The van der Waals surface area contributed by atoms with E-state index in [-0.39, 0.29) is 23.5 Å². The number of carboxylic acid groups (broad SMARTS) is 1. The second-order valence-electron chi connectivity index (χ2n) is 4.77. The summed E-state index contributed by atoms with van der Waals surface area (Å²) in [5.74, 6) is -1.17. The third kappa shape index (κ3) is 3.93. The van der Waals surface area contributed by atoms with Gasteiger partial charge in [0, 0.05) is 17.6 Å². The van der Waals surface area contributed by atoms with Crippen molar-refractivity contribution in [1.82, 2.24) is 4.31 Å². The first kappa shape index (κ1) is 17.9. The van der Waals surface area contributed by atoms with Crippen LogP contribution in [-0.4, -0.2) is 36.9 Å². The molecule has 7 heteroatoms. The quantitative estimate of drug-likeness (QED) is 0.775. The van der Waals surface area contributed by atoms with Crippen molar-refractivity contribution in [2.75, 3.05) is 13.1 Å². The molecule has 5 nitrogen and oxygen atoms in total. The number of benzene rings is 1. The second kappa shape index (κ2) is 6.72. The first-order valence-corrected chi connectivity index (χ1v) is 8.52. The van der Waals surface area contributed by atoms with Gasteiger partial charge in [0.25, 0.3) is 0 Å². The van der Waals surface area contributed by atoms with E-state index in [0.717, 1.165) is 0 Å². The van der Waals surface area contributed by atoms with Gasteiger partial charge < -0.3 is 5.11 Å². The summed E-state index contributed by atoms with van der Waals surface area (Å²) in [7, 11) is -3.78. The summed E-state index contributed by atoms with van der Waals surface area (Å²) in [5.41, 5.74) is 1.13. The number of carboxylic acids is 1. The molecule has 21 heavy (non-hydrogen) atoms. The highest BCUT2D eigenvalue weighted by molar-refractivity contribution is 9.10. The minimum atomic E-state index is -3.78. The molecule has 0 amide bonds. The van der Waals surface area contributed by atoms with Crippen LogP contribution in [0.4, 0.5) is 0 Å². The normalized spacial score (nSPS) is 11.7. The predicted molar refractivity (Wildman–Crippen MR) is 85.1 cm³/mol. The van der Waals surface area contributed by atoms with Gasteiger partial charge in [-0.05, 0) is 31.5 Å². The Balaban J connectivity index is 3.49. The van der Waals surface area contributed by atoms with Gasteiger partial charge >= 0.3 is 5.97 Å². The van der Waals surface area contributed by atoms with E-state index in [1.807, 2.05) is 0 Å². The van der Waals surface area contributed by atoms with Crippen LogP contribution in [0.1, 0.15) is 29.8 Å². The zero-order valence-electron chi connectivity index (χ0n) is 12.2. The smallest absolute Gasteiger partial charge is 0.335 e. The van der Waals surface area contributed by atoms with Crippen molar-refractivity contribution < 1.29 is 18.3 Å². The van der Waals surface area contributed by atoms with Crippen LogP contribution in [0.3, 0.4) is 0 Å². The Morgan fingerprint density at radius 2 is 2.00 bits per heavy atom. The van der Waals surface area contributed by atoms with Crippen LogP contribution in [0.2, 0.25) is 0 Å². The van der Waals surface area contributed by atoms with Gasteiger partial charge in [-0.25, -0.2) is 13.2 Å². The number of nitrogens with zero attached hydrogens (tertiary/aromatic N) is 1. The molecule has 1 aromatic rings. The second-order valence-corrected chi connectivity index (χ2v) is 7.54. The van der Waals surface area contributed by atoms with Crippen molar-refractivity contribution in [2.45, 2.75) is 25.7 Å². The van der Waals surface area contributed by atoms with Gasteiger partial charge in [-0.2, -0.15) is 4.31 Å². The van der Waals surface area contributed by atoms with Gasteiger partial charge in [0.05, 0.1) is 10.5 Å². The molecule has 0 heterocycles. The average molecular weight is 376 g/mol. The zero-order chi connectivity index (χ0) is 16.4. The maximum Gasteiger partial charge on any atom is 0.335 e. The molecule has 1 N–H and O–H groups in total. The number of rotatable bonds is 6. The van der Waals surface area contributed by atoms with Crippen molar-refractivity contribution in [3.8, 4) is 0 Å². The summed E-state index contributed by atoms with van der Waals surface area (Å²) < 4.78 is 27.2. The summed E-state index contributed by atoms with van der Waals surface area (Å²) in [4.78, 5) is 11.1. The fourth-order valence-corrected chi connectivity index (χ4v) is 4.22. The van der Waals surface area contributed by atoms with E-state index in [1.165, 1.54) is 16.4 Å². The van der Waals surface area contributed by atoms with Crippen molar-refractivity contribution in [3.63, 3.8) is 0 Å². The minimum Gasteiger partial charge on any atom is -0.478 e. The average Bonchev–Trinajstić information content (AvgIpc) is 2.37. The molecule has 0 fully saturated rings. The molecule has 0 spiro atoms. The molecule has 0 aliphatic carbocycles. The lowest BCUT2D eigenvalue weighted by Gasteiger charge is -2.22. The molecule has 0 aromatic heterocycles. The van der Waals surface area contributed by atoms with Crippen LogP contribution in [0.15, 0.2) is 33.7 Å². The third-order valence-electron chi connectivity index (χ3n) is 2.96. The van der Waals surface area contributed by atoms with Gasteiger partial charge in [0.2, 0.25) is 10.0 Å². The number of hydrogen-bond acceptors (Lipinski definition) is 3. The molecule has 1 rings (SSSR count). The van der Waals surface area contributed by atoms with E-state index >= 15 is 0 Å². The molecule has 0 aliphatic heterocycles. The zero-order valence-corrected chi connectivity index (χ0v) is 14.6. The van der Waals surface area contributed by atoms with E-state index in [4.69, 9.17) is 5.11 Å². The van der Waals surface area contributed by atoms with Crippen LogP contribution in [0.25, 0.3) is 0 Å². The summed E-state index contributed by atoms with van der Waals surface area (Å²) in [5, 5.41) is 9.09. The molecular formula is C14H18BrNO4S. The number of halogens is 1. The van der Waals surface area contributed by atoms with Crippen LogP contribution < -0.4 is 0 Å². The first-order valence-electron chi connectivity index (χ1n) is 6.29. The Labute approximate surface area is 133 Å². The van der Waals surface area contributed by atoms with Crippen molar-refractivity contribution >= 4 is 31.9 Å². The summed E-state index contributed by atoms with van der Waals surface area (Å²) in [6.45, 7) is 9.32. The van der Waals surface area contributed by atoms with E-state index in [2.05, 4.69) is 22.5 Å². The van der Waals surface area contributed by atoms with E-state index in [1.54, 1.807) is 20.8 Å². The lowest BCUT2D eigenvalue weighted by Crippen LogP contribution is -2.33. The van der Waals surface area contributed by atoms with E-state index in [9.17, 15) is 13.2 Å². The molecule has 0 aliphatic rings. The van der Waals surface area contributed by atoms with Crippen molar-refractivity contribution in [3.05, 3.63) is 39.9 Å². The van der Waals surface area contributed by atoms with Crippen LogP contribution in [0.5, 0.6) is 0 Å². The number of sulfonamides is 1. The Morgan fingerprint density at radius 1 is 1.43 bits per heavy atom. The van der Waals surface area contributed by atoms with Crippen molar-refractivity contribution in [2.24, 2.45) is 0 Å². The van der Waals surface area contributed by atoms with E-state index < -0.39 is 16.0 Å². The molecule has 0 saturated heterocycles. The van der Waals surface area contributed by atoms with Crippen molar-refractivity contribution in [1.29, 1.82) is 0 Å². The summed E-state index contributed by atoms with van der Waals surface area (Å²) in [6, 6.07) is 2.59. The standard InChI is InChI=1S/C14H18BrNO4S/c1-5-16(8-9(2)3)21(19,20)13-7-11(14(17)18)6-12(15)10(13)4/h6-7H,2,5,8H2,1,3-4H3,(H,17,18). The molecule has 0 unspecified atom stereocenters. The maximum atomic E-state index is 12.7. The highest BCUT2D eigenvalue weighted by atomic mass is 79.9. The van der Waals surface area contributed by atoms with Gasteiger partial charge in [-0.15, -0.1) is 0 Å². The molecule has 1 aromatic carbocycles. The first-order chi connectivity index (χ1) is 9.61. The fraction of sp³-hybridized carbons (Fsp3) is 0.357. The SMILES string of the molecule is C=C(C)CN(CC)S(=O)(=O)c1cc(C(=O)O)cc(Br)c1C. The van der Waals surface area contributed by atoms with Crippen LogP contribution in [0, 0.1) is 6.92 Å². The van der Waals surface area contributed by atoms with Gasteiger partial charge in [-0.3, -0.25) is 0 Å². The number of carbonyl (C=O) groups is 1. The highest BCUT2D eigenvalue weighted by Crippen LogP contribution is 2.28. The number of likely N-dealkylation sites (N-methyl/N-ethyl adjacent to an activating group) is 1. The monoisotopic (exact) mass is 375 g/mol. The number of aromatic carboxylic acids is 1.